The number of benzene rings is 1. The molecule has 4 aliphatic heterocycles. The molecule has 4 aliphatic rings. The first kappa shape index (κ1) is 46.8. The smallest absolute Gasteiger partial charge is 0.333 e. The van der Waals surface area contributed by atoms with E-state index in [-0.39, 0.29) is 68.3 Å². The van der Waals surface area contributed by atoms with Crippen molar-refractivity contribution < 1.29 is 62.4 Å². The number of carbonyl (C=O) groups is 6. The van der Waals surface area contributed by atoms with Crippen LogP contribution in [0.1, 0.15) is 98.5 Å². The largest absolute Gasteiger partial charge is 0.494 e. The van der Waals surface area contributed by atoms with E-state index in [9.17, 15) is 33.9 Å². The van der Waals surface area contributed by atoms with Gasteiger partial charge in [-0.2, -0.15) is 5.10 Å². The summed E-state index contributed by atoms with van der Waals surface area (Å²) in [5.41, 5.74) is 4.09. The molecule has 0 aromatic heterocycles. The van der Waals surface area contributed by atoms with E-state index in [1.807, 2.05) is 19.9 Å². The molecular formula is C44H58N4O13. The van der Waals surface area contributed by atoms with Gasteiger partial charge in [0, 0.05) is 32.3 Å². The summed E-state index contributed by atoms with van der Waals surface area (Å²) < 4.78 is 28.9. The summed E-state index contributed by atoms with van der Waals surface area (Å²) in [6.45, 7) is 11.3. The molecule has 17 nitrogen and oxygen atoms in total. The number of ether oxygens (including phenoxy) is 5. The van der Waals surface area contributed by atoms with Crippen molar-refractivity contribution in [1.82, 2.24) is 15.8 Å². The molecule has 332 valence electrons. The number of nitrogens with one attached hydrogen (secondary N) is 2. The van der Waals surface area contributed by atoms with E-state index >= 15 is 0 Å². The maximum atomic E-state index is 13.0. The Labute approximate surface area is 355 Å². The normalized spacial score (nSPS) is 28.6. The molecule has 17 heteroatoms. The second kappa shape index (κ2) is 21.5. The van der Waals surface area contributed by atoms with Crippen LogP contribution in [-0.4, -0.2) is 113 Å². The van der Waals surface area contributed by atoms with Crippen molar-refractivity contribution in [2.75, 3.05) is 13.2 Å². The number of imide groups is 1. The second-order valence-corrected chi connectivity index (χ2v) is 16.1. The SMILES string of the molecule is CC(=O)OC(C)C=CC(=O)N[C@@H]1C[C@H](C)[C@H](C/C=C(C)/C=C/[C@H]2O[C@H](CC(=O)N/N=C(\C)c3ccc(OCCCC(=O)ON4C(=O)CCC4=O)cc3)C[C@@]3(CO3)[C@@H]2O)O[C@@H]1C. The fourth-order valence-electron chi connectivity index (χ4n) is 7.35. The van der Waals surface area contributed by atoms with Gasteiger partial charge in [0.1, 0.15) is 29.7 Å². The van der Waals surface area contributed by atoms with Gasteiger partial charge in [-0.25, -0.2) is 10.2 Å². The van der Waals surface area contributed by atoms with Crippen molar-refractivity contribution in [3.8, 4) is 5.75 Å². The summed E-state index contributed by atoms with van der Waals surface area (Å²) in [7, 11) is 0. The minimum absolute atomic E-state index is 0.0129. The summed E-state index contributed by atoms with van der Waals surface area (Å²) in [5, 5.41) is 18.9. The van der Waals surface area contributed by atoms with Crippen LogP contribution < -0.4 is 15.5 Å². The molecule has 4 fully saturated rings. The lowest BCUT2D eigenvalue weighted by molar-refractivity contribution is -0.197. The number of carbonyl (C=O) groups excluding carboxylic acids is 6. The monoisotopic (exact) mass is 850 g/mol. The molecule has 4 heterocycles. The fraction of sp³-hybridized carbons (Fsp3) is 0.568. The number of aliphatic hydroxyl groups is 1. The maximum Gasteiger partial charge on any atom is 0.333 e. The molecule has 3 N–H and O–H groups in total. The van der Waals surface area contributed by atoms with Gasteiger partial charge in [0.15, 0.2) is 0 Å². The van der Waals surface area contributed by atoms with Gasteiger partial charge in [-0.05, 0) is 88.8 Å². The predicted octanol–water partition coefficient (Wildman–Crippen LogP) is 3.67. The van der Waals surface area contributed by atoms with Crippen LogP contribution in [0.5, 0.6) is 5.75 Å². The quantitative estimate of drug-likeness (QED) is 0.0281. The lowest BCUT2D eigenvalue weighted by Crippen LogP contribution is -2.50. The van der Waals surface area contributed by atoms with Crippen LogP contribution >= 0.6 is 0 Å². The van der Waals surface area contributed by atoms with Crippen LogP contribution in [-0.2, 0) is 52.6 Å². The van der Waals surface area contributed by atoms with Gasteiger partial charge in [0.05, 0.1) is 56.1 Å². The zero-order chi connectivity index (χ0) is 44.3. The van der Waals surface area contributed by atoms with Crippen LogP contribution in [0.3, 0.4) is 0 Å². The van der Waals surface area contributed by atoms with Crippen LogP contribution in [0.2, 0.25) is 0 Å². The third-order valence-electron chi connectivity index (χ3n) is 10.9. The maximum absolute atomic E-state index is 13.0. The van der Waals surface area contributed by atoms with Crippen LogP contribution in [0.25, 0.3) is 0 Å². The lowest BCUT2D eigenvalue weighted by atomic mass is 9.87. The van der Waals surface area contributed by atoms with Crippen molar-refractivity contribution in [3.63, 3.8) is 0 Å². The minimum Gasteiger partial charge on any atom is -0.494 e. The van der Waals surface area contributed by atoms with Crippen LogP contribution in [0, 0.1) is 5.92 Å². The Hall–Kier alpha value is -5.23. The molecule has 0 bridgehead atoms. The van der Waals surface area contributed by atoms with Crippen molar-refractivity contribution in [1.29, 1.82) is 0 Å². The van der Waals surface area contributed by atoms with Gasteiger partial charge in [-0.3, -0.25) is 24.0 Å². The molecule has 1 unspecified atom stereocenters. The Balaban J connectivity index is 1.03. The zero-order valence-corrected chi connectivity index (χ0v) is 35.6. The molecule has 1 spiro atoms. The highest BCUT2D eigenvalue weighted by Crippen LogP contribution is 2.43. The average Bonchev–Trinajstić information content (AvgIpc) is 3.92. The molecule has 4 saturated heterocycles. The van der Waals surface area contributed by atoms with E-state index in [4.69, 9.17) is 28.5 Å². The fourth-order valence-corrected chi connectivity index (χ4v) is 7.35. The molecule has 0 saturated carbocycles. The van der Waals surface area contributed by atoms with Crippen molar-refractivity contribution in [2.45, 2.75) is 141 Å². The Morgan fingerprint density at radius 1 is 1.05 bits per heavy atom. The number of hydroxylamine groups is 2. The van der Waals surface area contributed by atoms with Gasteiger partial charge in [-0.15, -0.1) is 5.06 Å². The Bertz CT molecular complexity index is 1870. The van der Waals surface area contributed by atoms with Crippen molar-refractivity contribution in [2.24, 2.45) is 11.0 Å². The molecule has 0 aliphatic carbocycles. The van der Waals surface area contributed by atoms with Crippen LogP contribution in [0.15, 0.2) is 65.3 Å². The van der Waals surface area contributed by atoms with Gasteiger partial charge < -0.3 is 38.9 Å². The van der Waals surface area contributed by atoms with E-state index in [1.54, 1.807) is 44.2 Å². The van der Waals surface area contributed by atoms with Gasteiger partial charge >= 0.3 is 11.9 Å². The highest BCUT2D eigenvalue weighted by Gasteiger charge is 2.58. The number of amides is 4. The molecule has 5 rings (SSSR count). The van der Waals surface area contributed by atoms with E-state index in [0.717, 1.165) is 17.6 Å². The number of epoxide rings is 1. The summed E-state index contributed by atoms with van der Waals surface area (Å²) in [4.78, 5) is 76.6. The highest BCUT2D eigenvalue weighted by atomic mass is 16.7. The second-order valence-electron chi connectivity index (χ2n) is 16.1. The number of hydrazone groups is 1. The predicted molar refractivity (Wildman–Crippen MR) is 219 cm³/mol. The number of hydrogen-bond acceptors (Lipinski definition) is 14. The number of nitrogens with zero attached hydrogens (tertiary/aromatic N) is 2. The van der Waals surface area contributed by atoms with Crippen molar-refractivity contribution in [3.05, 3.63) is 65.8 Å². The van der Waals surface area contributed by atoms with E-state index in [2.05, 4.69) is 28.8 Å². The number of allylic oxidation sites excluding steroid dienone is 2. The molecule has 1 aromatic rings. The number of rotatable bonds is 18. The van der Waals surface area contributed by atoms with E-state index in [1.165, 1.54) is 19.1 Å². The summed E-state index contributed by atoms with van der Waals surface area (Å²) in [6, 6.07) is 6.87. The molecule has 4 amide bonds. The third kappa shape index (κ3) is 13.9. The third-order valence-corrected chi connectivity index (χ3v) is 10.9. The van der Waals surface area contributed by atoms with Gasteiger partial charge in [-0.1, -0.05) is 30.7 Å². The summed E-state index contributed by atoms with van der Waals surface area (Å²) in [5.74, 6) is -2.05. The number of aliphatic hydroxyl groups excluding tert-OH is 1. The summed E-state index contributed by atoms with van der Waals surface area (Å²) >= 11 is 0. The first-order chi connectivity index (χ1) is 29.0. The number of esters is 1. The summed E-state index contributed by atoms with van der Waals surface area (Å²) in [6.07, 6.45) is 7.93. The Morgan fingerprint density at radius 2 is 1.75 bits per heavy atom. The molecule has 1 aromatic carbocycles. The molecule has 9 atom stereocenters. The minimum atomic E-state index is -0.896. The standard InChI is InChI=1S/C44H58N4O13/c1-26(9-16-36-27(2)22-35(30(5)59-36)45-38(50)18-11-28(3)58-31(6)49)10-17-37-43(55)44(25-57-44)24-34(60-37)23-39(51)47-46-29(4)32-12-14-33(15-13-32)56-21-7-8-42(54)61-48-40(52)19-20-41(48)53/h9-15,17-18,27-28,30,34-37,43,55H,7-8,16,19-25H2,1-6H3,(H,45,50)(H,47,51)/b17-10+,18-11?,26-9+,46-29+/t27-,28?,30+,34+,35+,36-,37+,43+,44+/m0/s1. The number of hydrogen-bond donors (Lipinski definition) is 3. The zero-order valence-electron chi connectivity index (χ0n) is 35.6. The van der Waals surface area contributed by atoms with Crippen LogP contribution in [0.4, 0.5) is 0 Å². The first-order valence-corrected chi connectivity index (χ1v) is 20.8. The highest BCUT2D eigenvalue weighted by molar-refractivity contribution is 6.01. The topological polar surface area (TPSA) is 221 Å². The van der Waals surface area contributed by atoms with Gasteiger partial charge in [0.2, 0.25) is 11.8 Å². The molecule has 61 heavy (non-hydrogen) atoms. The molecular weight excluding hydrogens is 792 g/mol. The van der Waals surface area contributed by atoms with Gasteiger partial charge in [0.25, 0.3) is 11.8 Å². The Kier molecular flexibility index (Phi) is 16.5. The molecule has 0 radical (unpaired) electrons. The van der Waals surface area contributed by atoms with E-state index in [0.29, 0.717) is 42.4 Å². The lowest BCUT2D eigenvalue weighted by Gasteiger charge is -2.39. The van der Waals surface area contributed by atoms with Crippen molar-refractivity contribution >= 4 is 41.3 Å². The average molecular weight is 851 g/mol. The van der Waals surface area contributed by atoms with E-state index < -0.39 is 53.8 Å². The Morgan fingerprint density at radius 3 is 2.43 bits per heavy atom. The first-order valence-electron chi connectivity index (χ1n) is 20.8.